The Morgan fingerprint density at radius 2 is 1.00 bits per heavy atom. The highest BCUT2D eigenvalue weighted by molar-refractivity contribution is 6.29. The van der Waals surface area contributed by atoms with Crippen molar-refractivity contribution >= 4 is 17.4 Å². The van der Waals surface area contributed by atoms with E-state index in [1.54, 1.807) is 16.9 Å². The number of hydrogen-bond acceptors (Lipinski definition) is 16. The smallest absolute Gasteiger partial charge is 0.297 e. The molecule has 2 aromatic carbocycles. The number of anilines is 1. The first-order chi connectivity index (χ1) is 33.9. The number of piperazine rings is 2. The second kappa shape index (κ2) is 23.2. The Morgan fingerprint density at radius 1 is 0.556 bits per heavy atom. The molecule has 2 aliphatic rings. The summed E-state index contributed by atoms with van der Waals surface area (Å²) in [7, 11) is 4.31. The van der Waals surface area contributed by atoms with Crippen LogP contribution >= 0.6 is 11.6 Å². The highest BCUT2D eigenvalue weighted by atomic mass is 35.5. The van der Waals surface area contributed by atoms with Crippen molar-refractivity contribution in [2.24, 2.45) is 0 Å². The van der Waals surface area contributed by atoms with E-state index in [9.17, 15) is 0 Å². The maximum Gasteiger partial charge on any atom is 0.297 e. The van der Waals surface area contributed by atoms with Gasteiger partial charge in [-0.1, -0.05) is 119 Å². The SMILES string of the molecule is C.CN1CCNCC1.Cc1nc(-c2nc(-c3ccc(C(C)(C)C)cc3)no2)nn1Cc1ccnc(Cl)c1.Cc1nc(-c2nc(-c3ccc(C(C)(C)C)cc3)no2)nn1Cc1ccnc(N2CCN(C)CC2)c1. The monoisotopic (exact) mass is 997 g/mol. The van der Waals surface area contributed by atoms with Crippen molar-refractivity contribution in [3.63, 3.8) is 0 Å². The van der Waals surface area contributed by atoms with Crippen molar-refractivity contribution in [1.82, 2.24) is 74.9 Å². The van der Waals surface area contributed by atoms with E-state index in [1.807, 2.05) is 61.1 Å². The van der Waals surface area contributed by atoms with Crippen LogP contribution in [0.2, 0.25) is 5.15 Å². The van der Waals surface area contributed by atoms with Gasteiger partial charge in [0.25, 0.3) is 11.8 Å². The number of benzene rings is 2. The lowest BCUT2D eigenvalue weighted by Crippen LogP contribution is -2.44. The van der Waals surface area contributed by atoms with Gasteiger partial charge < -0.3 is 29.1 Å². The van der Waals surface area contributed by atoms with Crippen LogP contribution in [0.25, 0.3) is 46.2 Å². The fourth-order valence-corrected chi connectivity index (χ4v) is 8.05. The summed E-state index contributed by atoms with van der Waals surface area (Å²) in [5.74, 6) is 5.00. The molecule has 0 unspecified atom stereocenters. The van der Waals surface area contributed by atoms with Gasteiger partial charge in [0.15, 0.2) is 0 Å². The zero-order valence-corrected chi connectivity index (χ0v) is 43.3. The number of pyridine rings is 2. The molecule has 18 nitrogen and oxygen atoms in total. The molecule has 0 saturated carbocycles. The highest BCUT2D eigenvalue weighted by Gasteiger charge is 2.21. The molecular weight excluding hydrogens is 928 g/mol. The van der Waals surface area contributed by atoms with E-state index in [4.69, 9.17) is 20.6 Å². The van der Waals surface area contributed by atoms with Crippen molar-refractivity contribution in [3.05, 3.63) is 124 Å². The number of aryl methyl sites for hydroxylation is 2. The number of rotatable bonds is 9. The number of likely N-dealkylation sites (N-methyl/N-ethyl adjacent to an activating group) is 2. The third-order valence-electron chi connectivity index (χ3n) is 12.4. The van der Waals surface area contributed by atoms with Gasteiger partial charge in [0.2, 0.25) is 23.3 Å². The highest BCUT2D eigenvalue weighted by Crippen LogP contribution is 2.28. The predicted molar refractivity (Wildman–Crippen MR) is 283 cm³/mol. The lowest BCUT2D eigenvalue weighted by Gasteiger charge is -2.33. The molecule has 1 N–H and O–H groups in total. The van der Waals surface area contributed by atoms with Gasteiger partial charge in [0, 0.05) is 75.9 Å². The van der Waals surface area contributed by atoms with Crippen LogP contribution in [-0.2, 0) is 23.9 Å². The van der Waals surface area contributed by atoms with Crippen LogP contribution in [0.3, 0.4) is 0 Å². The average molecular weight is 998 g/mol. The minimum atomic E-state index is 0. The van der Waals surface area contributed by atoms with E-state index in [-0.39, 0.29) is 24.1 Å². The number of halogens is 1. The minimum absolute atomic E-state index is 0. The molecule has 8 heterocycles. The Morgan fingerprint density at radius 3 is 1.43 bits per heavy atom. The van der Waals surface area contributed by atoms with E-state index < -0.39 is 0 Å². The van der Waals surface area contributed by atoms with Crippen LogP contribution in [0, 0.1) is 13.8 Å². The molecule has 0 bridgehead atoms. The lowest BCUT2D eigenvalue weighted by atomic mass is 9.87. The third-order valence-corrected chi connectivity index (χ3v) is 12.6. The van der Waals surface area contributed by atoms with Gasteiger partial charge in [-0.05, 0) is 85.3 Å². The Hall–Kier alpha value is -6.73. The summed E-state index contributed by atoms with van der Waals surface area (Å²) in [6.07, 6.45) is 3.53. The molecule has 2 fully saturated rings. The van der Waals surface area contributed by atoms with Crippen LogP contribution in [0.15, 0.2) is 94.2 Å². The summed E-state index contributed by atoms with van der Waals surface area (Å²) >= 11 is 5.96. The predicted octanol–water partition coefficient (Wildman–Crippen LogP) is 8.65. The molecule has 10 rings (SSSR count). The van der Waals surface area contributed by atoms with Crippen molar-refractivity contribution in [2.75, 3.05) is 71.4 Å². The van der Waals surface area contributed by atoms with Gasteiger partial charge in [-0.25, -0.2) is 29.3 Å². The van der Waals surface area contributed by atoms with E-state index in [0.29, 0.717) is 47.4 Å². The topological polar surface area (TPSA) is 187 Å². The first kappa shape index (κ1) is 53.1. The molecule has 380 valence electrons. The second-order valence-corrected chi connectivity index (χ2v) is 20.5. The number of aromatic nitrogens is 12. The molecule has 0 radical (unpaired) electrons. The van der Waals surface area contributed by atoms with Crippen LogP contribution in [0.1, 0.15) is 82.9 Å². The zero-order chi connectivity index (χ0) is 50.3. The van der Waals surface area contributed by atoms with Crippen LogP contribution in [0.4, 0.5) is 5.82 Å². The summed E-state index contributed by atoms with van der Waals surface area (Å²) in [5, 5.41) is 21.1. The molecule has 0 aliphatic carbocycles. The maximum atomic E-state index is 5.96. The third kappa shape index (κ3) is 13.8. The number of nitrogens with zero attached hydrogens (tertiary/aromatic N) is 15. The summed E-state index contributed by atoms with van der Waals surface area (Å²) in [6, 6.07) is 24.3. The van der Waals surface area contributed by atoms with E-state index in [2.05, 4.69) is 156 Å². The number of hydrogen-bond donors (Lipinski definition) is 1. The van der Waals surface area contributed by atoms with Gasteiger partial charge in [-0.2, -0.15) is 9.97 Å². The van der Waals surface area contributed by atoms with Crippen LogP contribution < -0.4 is 10.2 Å². The average Bonchev–Trinajstić information content (AvgIpc) is 4.18. The quantitative estimate of drug-likeness (QED) is 0.135. The van der Waals surface area contributed by atoms with Crippen molar-refractivity contribution in [1.29, 1.82) is 0 Å². The molecule has 19 heteroatoms. The molecule has 6 aromatic heterocycles. The van der Waals surface area contributed by atoms with Crippen molar-refractivity contribution in [3.8, 4) is 46.2 Å². The number of nitrogens with one attached hydrogen (secondary N) is 1. The van der Waals surface area contributed by atoms with E-state index in [0.717, 1.165) is 79.0 Å². The summed E-state index contributed by atoms with van der Waals surface area (Å²) in [5.41, 5.74) is 6.58. The fraction of sp³-hybridized carbons (Fsp3) is 0.434. The first-order valence-electron chi connectivity index (χ1n) is 24.1. The van der Waals surface area contributed by atoms with Gasteiger partial charge in [-0.15, -0.1) is 10.2 Å². The second-order valence-electron chi connectivity index (χ2n) is 20.1. The first-order valence-corrected chi connectivity index (χ1v) is 24.4. The van der Waals surface area contributed by atoms with Crippen molar-refractivity contribution in [2.45, 2.75) is 86.7 Å². The molecule has 0 amide bonds. The summed E-state index contributed by atoms with van der Waals surface area (Å²) in [6.45, 7) is 26.8. The van der Waals surface area contributed by atoms with Gasteiger partial charge >= 0.3 is 0 Å². The largest absolute Gasteiger partial charge is 0.354 e. The molecular formula is C53H69ClN16O2. The zero-order valence-electron chi connectivity index (χ0n) is 42.6. The van der Waals surface area contributed by atoms with Crippen LogP contribution in [0.5, 0.6) is 0 Å². The molecule has 72 heavy (non-hydrogen) atoms. The summed E-state index contributed by atoms with van der Waals surface area (Å²) in [4.78, 5) is 33.6. The molecule has 0 atom stereocenters. The van der Waals surface area contributed by atoms with Gasteiger partial charge in [0.1, 0.15) is 22.6 Å². The standard InChI is InChI=1S/C26H32N8O.C21H21ClN6O.C5H12N2.CH4/c1-18-28-24(25-29-23(31-35-25)20-6-8-21(9-7-20)26(2,3)4)30-34(18)17-19-10-11-27-22(16-19)33-14-12-32(5)13-15-33;1-13-24-19(26-28(13)12-14-9-10-23-17(22)11-14)20-25-18(27-29-20)15-5-7-16(8-6-15)21(2,3)4;1-7-4-2-6-3-5-7;/h6-11,16H,12-15,17H2,1-5H3;5-11H,12H2,1-4H3;6H,2-5H2,1H3;1H4. The Labute approximate surface area is 428 Å². The Bertz CT molecular complexity index is 2970. The maximum absolute atomic E-state index is 5.96. The van der Waals surface area contributed by atoms with E-state index >= 15 is 0 Å². The molecule has 2 aliphatic heterocycles. The normalized spacial score (nSPS) is 14.5. The Balaban J connectivity index is 0.000000186. The molecule has 8 aromatic rings. The van der Waals surface area contributed by atoms with Crippen molar-refractivity contribution < 1.29 is 9.05 Å². The Kier molecular flexibility index (Phi) is 17.1. The fourth-order valence-electron chi connectivity index (χ4n) is 7.85. The van der Waals surface area contributed by atoms with E-state index in [1.165, 1.54) is 24.2 Å². The summed E-state index contributed by atoms with van der Waals surface area (Å²) < 4.78 is 14.5. The van der Waals surface area contributed by atoms with Gasteiger partial charge in [-0.3, -0.25) is 0 Å². The van der Waals surface area contributed by atoms with Gasteiger partial charge in [0.05, 0.1) is 13.1 Å². The van der Waals surface area contributed by atoms with Crippen LogP contribution in [-0.4, -0.2) is 136 Å². The molecule has 2 saturated heterocycles. The lowest BCUT2D eigenvalue weighted by molar-refractivity contribution is 0.291. The minimum Gasteiger partial charge on any atom is -0.354 e. The molecule has 0 spiro atoms.